The van der Waals surface area contributed by atoms with Crippen LogP contribution in [0.4, 0.5) is 0 Å². The molecule has 0 atom stereocenters. The molecule has 0 heterocycles. The molecule has 0 saturated carbocycles. The molecule has 0 saturated heterocycles. The van der Waals surface area contributed by atoms with Gasteiger partial charge in [0.05, 0.1) is 0 Å². The van der Waals surface area contributed by atoms with Crippen molar-refractivity contribution in [2.24, 2.45) is 0 Å². The van der Waals surface area contributed by atoms with Gasteiger partial charge in [-0.05, 0) is 60.7 Å². The molecule has 0 aliphatic carbocycles. The van der Waals surface area contributed by atoms with Gasteiger partial charge in [0, 0.05) is 73.6 Å². The SMILES string of the molecule is Clc1ccc(Cl)c(-c2cc(Cl)c(-c3cc(Cl)c(-c4cc(Cl)ccc4Cl)cc3Cl)cc2Cl)c1. The van der Waals surface area contributed by atoms with Gasteiger partial charge < -0.3 is 0 Å². The van der Waals surface area contributed by atoms with Gasteiger partial charge in [0.15, 0.2) is 0 Å². The average molecular weight is 582 g/mol. The summed E-state index contributed by atoms with van der Waals surface area (Å²) in [4.78, 5) is 0. The van der Waals surface area contributed by atoms with Crippen LogP contribution in [0.2, 0.25) is 40.2 Å². The Morgan fingerprint density at radius 3 is 0.812 bits per heavy atom. The van der Waals surface area contributed by atoms with Gasteiger partial charge in [0.25, 0.3) is 0 Å². The highest BCUT2D eigenvalue weighted by Gasteiger charge is 2.18. The minimum Gasteiger partial charge on any atom is -0.0843 e. The van der Waals surface area contributed by atoms with E-state index in [1.165, 1.54) is 0 Å². The average Bonchev–Trinajstić information content (AvgIpc) is 2.74. The molecule has 0 radical (unpaired) electrons. The normalized spacial score (nSPS) is 11.1. The summed E-state index contributed by atoms with van der Waals surface area (Å²) in [5.74, 6) is 0. The van der Waals surface area contributed by atoms with E-state index in [2.05, 4.69) is 0 Å². The van der Waals surface area contributed by atoms with Gasteiger partial charge in [-0.25, -0.2) is 0 Å². The fourth-order valence-corrected chi connectivity index (χ4v) is 5.17. The first-order valence-corrected chi connectivity index (χ1v) is 12.1. The van der Waals surface area contributed by atoms with Crippen LogP contribution < -0.4 is 0 Å². The highest BCUT2D eigenvalue weighted by Crippen LogP contribution is 2.45. The highest BCUT2D eigenvalue weighted by molar-refractivity contribution is 6.42. The fourth-order valence-electron chi connectivity index (χ4n) is 3.33. The van der Waals surface area contributed by atoms with Gasteiger partial charge in [-0.3, -0.25) is 0 Å². The molecule has 0 aliphatic heterocycles. The van der Waals surface area contributed by atoms with Crippen molar-refractivity contribution in [3.05, 3.63) is 101 Å². The van der Waals surface area contributed by atoms with Crippen LogP contribution >= 0.6 is 92.8 Å². The van der Waals surface area contributed by atoms with Crippen LogP contribution in [0.5, 0.6) is 0 Å². The largest absolute Gasteiger partial charge is 0.0843 e. The lowest BCUT2D eigenvalue weighted by molar-refractivity contribution is 1.57. The molecule has 0 spiro atoms. The van der Waals surface area contributed by atoms with Crippen LogP contribution in [0.25, 0.3) is 33.4 Å². The van der Waals surface area contributed by atoms with Crippen LogP contribution in [-0.4, -0.2) is 0 Å². The number of rotatable bonds is 3. The molecule has 162 valence electrons. The van der Waals surface area contributed by atoms with Crippen molar-refractivity contribution in [3.8, 4) is 33.4 Å². The molecule has 0 N–H and O–H groups in total. The zero-order valence-electron chi connectivity index (χ0n) is 15.8. The molecular formula is C24H10Cl8. The Kier molecular flexibility index (Phi) is 7.47. The van der Waals surface area contributed by atoms with Crippen LogP contribution in [0.1, 0.15) is 0 Å². The topological polar surface area (TPSA) is 0 Å². The molecule has 4 aromatic carbocycles. The maximum Gasteiger partial charge on any atom is 0.0492 e. The number of hydrogen-bond acceptors (Lipinski definition) is 0. The van der Waals surface area contributed by atoms with Crippen molar-refractivity contribution < 1.29 is 0 Å². The van der Waals surface area contributed by atoms with Crippen molar-refractivity contribution in [2.75, 3.05) is 0 Å². The van der Waals surface area contributed by atoms with E-state index in [-0.39, 0.29) is 0 Å². The molecule has 0 aliphatic rings. The monoisotopic (exact) mass is 578 g/mol. The van der Waals surface area contributed by atoms with Crippen molar-refractivity contribution in [1.82, 2.24) is 0 Å². The smallest absolute Gasteiger partial charge is 0.0492 e. The summed E-state index contributed by atoms with van der Waals surface area (Å²) >= 11 is 51.4. The second kappa shape index (κ2) is 9.82. The van der Waals surface area contributed by atoms with Gasteiger partial charge in [0.1, 0.15) is 0 Å². The summed E-state index contributed by atoms with van der Waals surface area (Å²) in [6.45, 7) is 0. The molecular weight excluding hydrogens is 572 g/mol. The zero-order chi connectivity index (χ0) is 23.2. The summed E-state index contributed by atoms with van der Waals surface area (Å²) in [6.07, 6.45) is 0. The molecule has 0 bridgehead atoms. The summed E-state index contributed by atoms with van der Waals surface area (Å²) in [5.41, 5.74) is 3.89. The number of hydrogen-bond donors (Lipinski definition) is 0. The van der Waals surface area contributed by atoms with Crippen molar-refractivity contribution in [1.29, 1.82) is 0 Å². The Bertz CT molecular complexity index is 1260. The molecule has 8 heteroatoms. The predicted octanol–water partition coefficient (Wildman–Crippen LogP) is 11.9. The standard InChI is InChI=1S/C24H10Cl8/c25-11-1-3-19(27)13(5-11)15-7-23(31)17(9-21(15)29)18-10-22(30)16(8-24(18)32)14-6-12(26)2-4-20(14)28/h1-10H. The molecule has 0 aromatic heterocycles. The van der Waals surface area contributed by atoms with Gasteiger partial charge in [-0.15, -0.1) is 0 Å². The van der Waals surface area contributed by atoms with E-state index in [0.717, 1.165) is 0 Å². The summed E-state index contributed by atoms with van der Waals surface area (Å²) in [6, 6.07) is 17.2. The third kappa shape index (κ3) is 4.85. The third-order valence-electron chi connectivity index (χ3n) is 4.84. The van der Waals surface area contributed by atoms with Crippen LogP contribution in [-0.2, 0) is 0 Å². The second-order valence-electron chi connectivity index (χ2n) is 6.87. The number of halogens is 8. The molecule has 0 fully saturated rings. The van der Waals surface area contributed by atoms with E-state index in [9.17, 15) is 0 Å². The summed E-state index contributed by atoms with van der Waals surface area (Å²) in [7, 11) is 0. The van der Waals surface area contributed by atoms with Crippen LogP contribution in [0, 0.1) is 0 Å². The van der Waals surface area contributed by atoms with Gasteiger partial charge in [0.2, 0.25) is 0 Å². The first-order chi connectivity index (χ1) is 15.2. The van der Waals surface area contributed by atoms with E-state index in [4.69, 9.17) is 92.8 Å². The maximum absolute atomic E-state index is 6.63. The van der Waals surface area contributed by atoms with Crippen LogP contribution in [0.3, 0.4) is 0 Å². The quantitative estimate of drug-likeness (QED) is 0.226. The van der Waals surface area contributed by atoms with Crippen molar-refractivity contribution >= 4 is 92.8 Å². The maximum atomic E-state index is 6.63. The first kappa shape index (κ1) is 24.3. The predicted molar refractivity (Wildman–Crippen MR) is 143 cm³/mol. The minimum atomic E-state index is 0.423. The second-order valence-corrected chi connectivity index (χ2v) is 10.2. The molecule has 32 heavy (non-hydrogen) atoms. The van der Waals surface area contributed by atoms with E-state index in [1.807, 2.05) is 0 Å². The Labute approximate surface area is 225 Å². The van der Waals surface area contributed by atoms with E-state index >= 15 is 0 Å². The first-order valence-electron chi connectivity index (χ1n) is 9.05. The molecule has 4 rings (SSSR count). The molecule has 0 amide bonds. The van der Waals surface area contributed by atoms with Crippen molar-refractivity contribution in [3.63, 3.8) is 0 Å². The lowest BCUT2D eigenvalue weighted by Gasteiger charge is -2.15. The molecule has 0 nitrogen and oxygen atoms in total. The molecule has 4 aromatic rings. The Balaban J connectivity index is 1.84. The Morgan fingerprint density at radius 2 is 0.531 bits per heavy atom. The minimum absolute atomic E-state index is 0.423. The number of benzene rings is 4. The van der Waals surface area contributed by atoms with Gasteiger partial charge >= 0.3 is 0 Å². The Hall–Kier alpha value is -0.800. The lowest BCUT2D eigenvalue weighted by atomic mass is 9.97. The summed E-state index contributed by atoms with van der Waals surface area (Å²) < 4.78 is 0. The molecule has 0 unspecified atom stereocenters. The third-order valence-corrected chi connectivity index (χ3v) is 7.22. The highest BCUT2D eigenvalue weighted by atomic mass is 35.5. The fraction of sp³-hybridized carbons (Fsp3) is 0. The van der Waals surface area contributed by atoms with Gasteiger partial charge in [-0.2, -0.15) is 0 Å². The van der Waals surface area contributed by atoms with Crippen LogP contribution in [0.15, 0.2) is 60.7 Å². The summed E-state index contributed by atoms with van der Waals surface area (Å²) in [5, 5.41) is 3.79. The van der Waals surface area contributed by atoms with E-state index in [1.54, 1.807) is 60.7 Å². The van der Waals surface area contributed by atoms with E-state index in [0.29, 0.717) is 73.6 Å². The van der Waals surface area contributed by atoms with Crippen molar-refractivity contribution in [2.45, 2.75) is 0 Å². The Morgan fingerprint density at radius 1 is 0.281 bits per heavy atom. The van der Waals surface area contributed by atoms with E-state index < -0.39 is 0 Å². The van der Waals surface area contributed by atoms with Gasteiger partial charge in [-0.1, -0.05) is 92.8 Å². The lowest BCUT2D eigenvalue weighted by Crippen LogP contribution is -1.89. The zero-order valence-corrected chi connectivity index (χ0v) is 21.8.